The molecule has 0 aromatic carbocycles. The fraction of sp³-hybridized carbons (Fsp3) is 0.643. The highest BCUT2D eigenvalue weighted by atomic mass is 35.5. The molecule has 0 amide bonds. The van der Waals surface area contributed by atoms with Gasteiger partial charge in [0, 0.05) is 13.2 Å². The number of aryl methyl sites for hydroxylation is 1. The van der Waals surface area contributed by atoms with E-state index in [4.69, 9.17) is 28.6 Å². The molecule has 0 aliphatic carbocycles. The summed E-state index contributed by atoms with van der Waals surface area (Å²) < 4.78 is 29.9. The third-order valence-electron chi connectivity index (χ3n) is 3.78. The summed E-state index contributed by atoms with van der Waals surface area (Å²) in [4.78, 5) is 0. The Hall–Kier alpha value is -1.23. The predicted molar refractivity (Wildman–Crippen MR) is 102 cm³/mol. The molecule has 2 atom stereocenters. The molecule has 1 saturated heterocycles. The quantitative estimate of drug-likeness (QED) is 0.413. The van der Waals surface area contributed by atoms with Crippen LogP contribution >= 0.6 is 23.8 Å². The number of hydrogen-bond acceptors (Lipinski definition) is 6. The Labute approximate surface area is 157 Å². The van der Waals surface area contributed by atoms with E-state index in [9.17, 15) is 8.42 Å². The average molecular weight is 408 g/mol. The minimum Gasteiger partial charge on any atom is -0.383 e. The number of aromatic nitrogens is 2. The first-order valence-corrected chi connectivity index (χ1v) is 10.4. The summed E-state index contributed by atoms with van der Waals surface area (Å²) in [7, 11) is -1.39. The van der Waals surface area contributed by atoms with Crippen LogP contribution in [0.3, 0.4) is 0 Å². The van der Waals surface area contributed by atoms with Crippen molar-refractivity contribution in [1.29, 1.82) is 0 Å². The normalized spacial score (nSPS) is 20.7. The summed E-state index contributed by atoms with van der Waals surface area (Å²) in [6.07, 6.45) is 2.04. The molecule has 1 aromatic rings. The third kappa shape index (κ3) is 5.37. The van der Waals surface area contributed by atoms with Gasteiger partial charge < -0.3 is 10.1 Å². The van der Waals surface area contributed by atoms with E-state index in [2.05, 4.69) is 20.9 Å². The van der Waals surface area contributed by atoms with Crippen LogP contribution in [0, 0.1) is 6.92 Å². The number of hydrogen-bond donors (Lipinski definition) is 2. The van der Waals surface area contributed by atoms with Crippen LogP contribution in [0.2, 0.25) is 5.15 Å². The molecule has 0 bridgehead atoms. The van der Waals surface area contributed by atoms with Gasteiger partial charge in [-0.05, 0) is 32.5 Å². The standard InChI is InChI=1S/C14H22ClN5O3S2/c1-9(7-23-3)17-14(24)18-16-6-12-10(2)19-20(13(12)15)11-4-5-25(21,22)8-11/h6,9,11H,4-5,7-8H2,1-3H3,(H2,17,18,24)/b16-6-/t9-,11-/m0/s1. The van der Waals surface area contributed by atoms with Gasteiger partial charge in [-0.25, -0.2) is 13.1 Å². The Kier molecular flexibility index (Phi) is 6.78. The molecule has 0 unspecified atom stereocenters. The zero-order chi connectivity index (χ0) is 18.6. The van der Waals surface area contributed by atoms with Gasteiger partial charge in [0.15, 0.2) is 14.9 Å². The average Bonchev–Trinajstić information content (AvgIpc) is 3.00. The predicted octanol–water partition coefficient (Wildman–Crippen LogP) is 1.04. The molecule has 1 fully saturated rings. The van der Waals surface area contributed by atoms with E-state index in [1.165, 1.54) is 6.21 Å². The van der Waals surface area contributed by atoms with Gasteiger partial charge in [-0.1, -0.05) is 11.6 Å². The van der Waals surface area contributed by atoms with E-state index in [1.807, 2.05) is 6.92 Å². The van der Waals surface area contributed by atoms with Crippen molar-refractivity contribution >= 4 is 45.0 Å². The van der Waals surface area contributed by atoms with Crippen molar-refractivity contribution in [3.05, 3.63) is 16.4 Å². The van der Waals surface area contributed by atoms with Crippen LogP contribution in [0.15, 0.2) is 5.10 Å². The van der Waals surface area contributed by atoms with Crippen LogP contribution in [0.25, 0.3) is 0 Å². The van der Waals surface area contributed by atoms with E-state index in [0.29, 0.717) is 34.6 Å². The van der Waals surface area contributed by atoms with Gasteiger partial charge in [-0.15, -0.1) is 0 Å². The second kappa shape index (κ2) is 8.43. The molecule has 25 heavy (non-hydrogen) atoms. The summed E-state index contributed by atoms with van der Waals surface area (Å²) in [6.45, 7) is 4.25. The Morgan fingerprint density at radius 1 is 1.64 bits per heavy atom. The van der Waals surface area contributed by atoms with Crippen molar-refractivity contribution in [2.75, 3.05) is 25.2 Å². The van der Waals surface area contributed by atoms with Crippen molar-refractivity contribution in [2.45, 2.75) is 32.4 Å². The molecule has 0 saturated carbocycles. The largest absolute Gasteiger partial charge is 0.383 e. The van der Waals surface area contributed by atoms with Crippen molar-refractivity contribution in [2.24, 2.45) is 5.10 Å². The number of methoxy groups -OCH3 is 1. The van der Waals surface area contributed by atoms with Crippen LogP contribution in [0.1, 0.15) is 30.6 Å². The Balaban J connectivity index is 2.02. The van der Waals surface area contributed by atoms with Crippen molar-refractivity contribution in [3.8, 4) is 0 Å². The lowest BCUT2D eigenvalue weighted by atomic mass is 10.2. The topological polar surface area (TPSA) is 97.6 Å². The zero-order valence-electron chi connectivity index (χ0n) is 14.3. The van der Waals surface area contributed by atoms with Crippen molar-refractivity contribution < 1.29 is 13.2 Å². The lowest BCUT2D eigenvalue weighted by Crippen LogP contribution is -2.40. The molecule has 11 heteroatoms. The number of thiocarbonyl (C=S) groups is 1. The van der Waals surface area contributed by atoms with E-state index >= 15 is 0 Å². The monoisotopic (exact) mass is 407 g/mol. The Morgan fingerprint density at radius 2 is 2.36 bits per heavy atom. The fourth-order valence-electron chi connectivity index (χ4n) is 2.59. The molecule has 2 rings (SSSR count). The number of ether oxygens (including phenoxy) is 1. The highest BCUT2D eigenvalue weighted by Gasteiger charge is 2.31. The highest BCUT2D eigenvalue weighted by molar-refractivity contribution is 7.91. The van der Waals surface area contributed by atoms with Gasteiger partial charge in [-0.2, -0.15) is 10.2 Å². The molecule has 8 nitrogen and oxygen atoms in total. The molecule has 0 spiro atoms. The molecule has 0 radical (unpaired) electrons. The smallest absolute Gasteiger partial charge is 0.187 e. The van der Waals surface area contributed by atoms with Crippen LogP contribution in [-0.4, -0.2) is 60.8 Å². The SMILES string of the molecule is COC[C@H](C)NC(=S)N/N=C\c1c(C)nn([C@H]2CCS(=O)(=O)C2)c1Cl. The first kappa shape index (κ1) is 20.1. The summed E-state index contributed by atoms with van der Waals surface area (Å²) in [5, 5.41) is 12.2. The van der Waals surface area contributed by atoms with Crippen molar-refractivity contribution in [3.63, 3.8) is 0 Å². The van der Waals surface area contributed by atoms with Crippen molar-refractivity contribution in [1.82, 2.24) is 20.5 Å². The minimum absolute atomic E-state index is 0.0533. The fourth-order valence-corrected chi connectivity index (χ4v) is 4.90. The first-order chi connectivity index (χ1) is 11.7. The lowest BCUT2D eigenvalue weighted by Gasteiger charge is -2.13. The second-order valence-corrected chi connectivity index (χ2v) is 8.99. The summed E-state index contributed by atoms with van der Waals surface area (Å²) in [6, 6.07) is -0.179. The third-order valence-corrected chi connectivity index (χ3v) is 6.12. The maximum atomic E-state index is 11.6. The second-order valence-electron chi connectivity index (χ2n) is 5.99. The Morgan fingerprint density at radius 3 is 2.96 bits per heavy atom. The number of halogens is 1. The lowest BCUT2D eigenvalue weighted by molar-refractivity contribution is 0.179. The van der Waals surface area contributed by atoms with E-state index < -0.39 is 9.84 Å². The van der Waals surface area contributed by atoms with Crippen LogP contribution in [-0.2, 0) is 14.6 Å². The maximum absolute atomic E-state index is 11.6. The minimum atomic E-state index is -3.01. The summed E-state index contributed by atoms with van der Waals surface area (Å²) in [5.74, 6) is 0.228. The molecule has 1 aliphatic rings. The number of rotatable bonds is 6. The van der Waals surface area contributed by atoms with Gasteiger partial charge in [0.05, 0.1) is 41.6 Å². The molecular weight excluding hydrogens is 386 g/mol. The maximum Gasteiger partial charge on any atom is 0.187 e. The van der Waals surface area contributed by atoms with Crippen LogP contribution in [0.5, 0.6) is 0 Å². The molecule has 1 aromatic heterocycles. The van der Waals surface area contributed by atoms with Gasteiger partial charge in [0.25, 0.3) is 0 Å². The summed E-state index contributed by atoms with van der Waals surface area (Å²) >= 11 is 11.5. The van der Waals surface area contributed by atoms with E-state index in [1.54, 1.807) is 18.7 Å². The van der Waals surface area contributed by atoms with E-state index in [0.717, 1.165) is 0 Å². The number of hydrazone groups is 1. The van der Waals surface area contributed by atoms with Gasteiger partial charge in [-0.3, -0.25) is 5.43 Å². The molecule has 2 N–H and O–H groups in total. The number of sulfone groups is 1. The van der Waals surface area contributed by atoms with Crippen LogP contribution in [0.4, 0.5) is 0 Å². The molecular formula is C14H22ClN5O3S2. The van der Waals surface area contributed by atoms with E-state index in [-0.39, 0.29) is 23.6 Å². The molecule has 2 heterocycles. The number of nitrogens with one attached hydrogen (secondary N) is 2. The molecule has 1 aliphatic heterocycles. The van der Waals surface area contributed by atoms with Gasteiger partial charge in [0.2, 0.25) is 0 Å². The van der Waals surface area contributed by atoms with Gasteiger partial charge in [0.1, 0.15) is 5.15 Å². The highest BCUT2D eigenvalue weighted by Crippen LogP contribution is 2.29. The zero-order valence-corrected chi connectivity index (χ0v) is 16.7. The van der Waals surface area contributed by atoms with Crippen LogP contribution < -0.4 is 10.7 Å². The summed E-state index contributed by atoms with van der Waals surface area (Å²) in [5.41, 5.74) is 4.01. The molecule has 140 valence electrons. The Bertz CT molecular complexity index is 763. The number of nitrogens with zero attached hydrogens (tertiary/aromatic N) is 3. The van der Waals surface area contributed by atoms with Gasteiger partial charge >= 0.3 is 0 Å². The first-order valence-electron chi connectivity index (χ1n) is 7.77.